The Morgan fingerprint density at radius 1 is 1.36 bits per heavy atom. The molecule has 1 aliphatic rings. The zero-order valence-electron chi connectivity index (χ0n) is 7.00. The molecule has 2 nitrogen and oxygen atoms in total. The fraction of sp³-hybridized carbons (Fsp3) is 0.857. The largest absolute Gasteiger partial charge is 0.405 e. The maximum Gasteiger partial charge on any atom is 0.405 e. The minimum atomic E-state index is -4.50. The Morgan fingerprint density at radius 3 is 2.21 bits per heavy atom. The molecule has 1 aliphatic carbocycles. The Morgan fingerprint density at radius 2 is 1.86 bits per heavy atom. The summed E-state index contributed by atoms with van der Waals surface area (Å²) in [4.78, 5) is 10.8. The number of nitrogens with one attached hydrogen (secondary N) is 1. The Balaban J connectivity index is 2.25. The standard InChI is InChI=1S/C7H8F5NO/c8-6(9)1-4(2-6)5(14)13-3-7(10,11)12/h4H,1-3H2,(H,13,14). The highest BCUT2D eigenvalue weighted by molar-refractivity contribution is 5.79. The summed E-state index contributed by atoms with van der Waals surface area (Å²) in [6, 6.07) is 0. The quantitative estimate of drug-likeness (QED) is 0.701. The molecule has 0 heterocycles. The van der Waals surface area contributed by atoms with Gasteiger partial charge in [0.15, 0.2) is 0 Å². The molecule has 0 aromatic carbocycles. The fourth-order valence-electron chi connectivity index (χ4n) is 1.18. The molecular formula is C7H8F5NO. The number of alkyl halides is 5. The molecule has 0 saturated heterocycles. The molecule has 0 unspecified atom stereocenters. The first-order valence-electron chi connectivity index (χ1n) is 3.92. The number of halogens is 5. The summed E-state index contributed by atoms with van der Waals surface area (Å²) < 4.78 is 59.2. The first-order chi connectivity index (χ1) is 6.20. The lowest BCUT2D eigenvalue weighted by Gasteiger charge is -2.33. The second-order valence-corrected chi connectivity index (χ2v) is 3.29. The third kappa shape index (κ3) is 3.12. The molecule has 7 heteroatoms. The number of amides is 1. The first kappa shape index (κ1) is 11.2. The van der Waals surface area contributed by atoms with Gasteiger partial charge in [0.2, 0.25) is 11.8 Å². The third-order valence-electron chi connectivity index (χ3n) is 1.92. The van der Waals surface area contributed by atoms with Crippen LogP contribution in [0.4, 0.5) is 22.0 Å². The van der Waals surface area contributed by atoms with E-state index in [4.69, 9.17) is 0 Å². The summed E-state index contributed by atoms with van der Waals surface area (Å²) in [5.74, 6) is -4.82. The molecule has 1 N–H and O–H groups in total. The van der Waals surface area contributed by atoms with Crippen molar-refractivity contribution >= 4 is 5.91 Å². The van der Waals surface area contributed by atoms with E-state index in [1.165, 1.54) is 0 Å². The summed E-state index contributed by atoms with van der Waals surface area (Å²) in [7, 11) is 0. The second-order valence-electron chi connectivity index (χ2n) is 3.29. The van der Waals surface area contributed by atoms with Crippen molar-refractivity contribution in [1.29, 1.82) is 0 Å². The molecule has 0 bridgehead atoms. The van der Waals surface area contributed by atoms with Crippen molar-refractivity contribution in [3.05, 3.63) is 0 Å². The van der Waals surface area contributed by atoms with E-state index in [1.54, 1.807) is 5.32 Å². The molecule has 1 saturated carbocycles. The van der Waals surface area contributed by atoms with Gasteiger partial charge in [-0.1, -0.05) is 0 Å². The molecule has 1 amide bonds. The molecule has 0 radical (unpaired) electrons. The Hall–Kier alpha value is -0.880. The molecule has 1 fully saturated rings. The minimum Gasteiger partial charge on any atom is -0.347 e. The van der Waals surface area contributed by atoms with Crippen molar-refractivity contribution < 1.29 is 26.7 Å². The smallest absolute Gasteiger partial charge is 0.347 e. The summed E-state index contributed by atoms with van der Waals surface area (Å²) in [5, 5.41) is 1.57. The number of rotatable bonds is 2. The molecule has 1 rings (SSSR count). The Kier molecular flexibility index (Phi) is 2.69. The van der Waals surface area contributed by atoms with Gasteiger partial charge in [-0.3, -0.25) is 4.79 Å². The molecule has 82 valence electrons. The molecule has 0 spiro atoms. The summed E-state index contributed by atoms with van der Waals surface area (Å²) in [6.07, 6.45) is -5.81. The lowest BCUT2D eigenvalue weighted by atomic mass is 9.81. The molecular weight excluding hydrogens is 209 g/mol. The van der Waals surface area contributed by atoms with Gasteiger partial charge in [-0.15, -0.1) is 0 Å². The van der Waals surface area contributed by atoms with Crippen LogP contribution in [0.25, 0.3) is 0 Å². The van der Waals surface area contributed by atoms with Gasteiger partial charge in [0.25, 0.3) is 0 Å². The van der Waals surface area contributed by atoms with E-state index < -0.39 is 43.3 Å². The minimum absolute atomic E-state index is 0.656. The van der Waals surface area contributed by atoms with Crippen LogP contribution in [0.5, 0.6) is 0 Å². The van der Waals surface area contributed by atoms with Crippen LogP contribution in [0, 0.1) is 5.92 Å². The van der Waals surface area contributed by atoms with Crippen molar-refractivity contribution in [1.82, 2.24) is 5.32 Å². The van der Waals surface area contributed by atoms with E-state index in [1.807, 2.05) is 0 Å². The van der Waals surface area contributed by atoms with Crippen molar-refractivity contribution in [2.45, 2.75) is 24.9 Å². The maximum atomic E-state index is 12.2. The fourth-order valence-corrected chi connectivity index (χ4v) is 1.18. The normalized spacial score (nSPS) is 21.5. The van der Waals surface area contributed by atoms with Gasteiger partial charge in [-0.2, -0.15) is 13.2 Å². The SMILES string of the molecule is O=C(NCC(F)(F)F)C1CC(F)(F)C1. The zero-order valence-corrected chi connectivity index (χ0v) is 7.00. The number of hydrogen-bond acceptors (Lipinski definition) is 1. The lowest BCUT2D eigenvalue weighted by Crippen LogP contribution is -2.46. The molecule has 0 aromatic rings. The topological polar surface area (TPSA) is 29.1 Å². The molecule has 0 aliphatic heterocycles. The van der Waals surface area contributed by atoms with E-state index in [-0.39, 0.29) is 0 Å². The highest BCUT2D eigenvalue weighted by Gasteiger charge is 2.49. The molecule has 0 atom stereocenters. The van der Waals surface area contributed by atoms with Crippen LogP contribution in [0.15, 0.2) is 0 Å². The zero-order chi connectivity index (χ0) is 11.0. The summed E-state index contributed by atoms with van der Waals surface area (Å²) >= 11 is 0. The number of carbonyl (C=O) groups is 1. The Bertz CT molecular complexity index is 229. The van der Waals surface area contributed by atoms with Crippen molar-refractivity contribution in [2.24, 2.45) is 5.92 Å². The first-order valence-corrected chi connectivity index (χ1v) is 3.92. The maximum absolute atomic E-state index is 12.2. The lowest BCUT2D eigenvalue weighted by molar-refractivity contribution is -0.157. The predicted octanol–water partition coefficient (Wildman–Crippen LogP) is 1.71. The van der Waals surface area contributed by atoms with Gasteiger partial charge in [-0.05, 0) is 0 Å². The van der Waals surface area contributed by atoms with Crippen LogP contribution in [0.3, 0.4) is 0 Å². The van der Waals surface area contributed by atoms with Crippen LogP contribution >= 0.6 is 0 Å². The third-order valence-corrected chi connectivity index (χ3v) is 1.92. The van der Waals surface area contributed by atoms with Gasteiger partial charge in [-0.25, -0.2) is 8.78 Å². The number of hydrogen-bond donors (Lipinski definition) is 1. The second kappa shape index (κ2) is 3.36. The highest BCUT2D eigenvalue weighted by Crippen LogP contribution is 2.42. The summed E-state index contributed by atoms with van der Waals surface area (Å²) in [5.41, 5.74) is 0. The van der Waals surface area contributed by atoms with Crippen LogP contribution < -0.4 is 5.32 Å². The highest BCUT2D eigenvalue weighted by atomic mass is 19.4. The van der Waals surface area contributed by atoms with Gasteiger partial charge < -0.3 is 5.32 Å². The number of carbonyl (C=O) groups excluding carboxylic acids is 1. The van der Waals surface area contributed by atoms with E-state index in [9.17, 15) is 26.7 Å². The Labute approximate surface area is 76.5 Å². The monoisotopic (exact) mass is 217 g/mol. The average Bonchev–Trinajstić information content (AvgIpc) is 1.94. The average molecular weight is 217 g/mol. The van der Waals surface area contributed by atoms with Gasteiger partial charge in [0, 0.05) is 18.8 Å². The van der Waals surface area contributed by atoms with Crippen LogP contribution in [0.2, 0.25) is 0 Å². The van der Waals surface area contributed by atoms with E-state index in [2.05, 4.69) is 0 Å². The van der Waals surface area contributed by atoms with Crippen molar-refractivity contribution in [2.75, 3.05) is 6.54 Å². The van der Waals surface area contributed by atoms with Gasteiger partial charge >= 0.3 is 6.18 Å². The van der Waals surface area contributed by atoms with Gasteiger partial charge in [0.1, 0.15) is 6.54 Å². The van der Waals surface area contributed by atoms with Gasteiger partial charge in [0.05, 0.1) is 0 Å². The van der Waals surface area contributed by atoms with Crippen LogP contribution in [-0.2, 0) is 4.79 Å². The van der Waals surface area contributed by atoms with Crippen LogP contribution in [-0.4, -0.2) is 24.6 Å². The van der Waals surface area contributed by atoms with E-state index in [0.717, 1.165) is 0 Å². The van der Waals surface area contributed by atoms with Crippen molar-refractivity contribution in [3.8, 4) is 0 Å². The van der Waals surface area contributed by atoms with Crippen LogP contribution in [0.1, 0.15) is 12.8 Å². The molecule has 0 aromatic heterocycles. The van der Waals surface area contributed by atoms with E-state index >= 15 is 0 Å². The molecule has 14 heavy (non-hydrogen) atoms. The van der Waals surface area contributed by atoms with E-state index in [0.29, 0.717) is 0 Å². The summed E-state index contributed by atoms with van der Waals surface area (Å²) in [6.45, 7) is -1.46. The van der Waals surface area contributed by atoms with Crippen molar-refractivity contribution in [3.63, 3.8) is 0 Å². The predicted molar refractivity (Wildman–Crippen MR) is 36.7 cm³/mol.